The third-order valence-corrected chi connectivity index (χ3v) is 3.48. The first-order valence-corrected chi connectivity index (χ1v) is 6.76. The molecular formula is C16H17NO4. The zero-order valence-electron chi connectivity index (χ0n) is 11.8. The predicted octanol–water partition coefficient (Wildman–Crippen LogP) is 2.46. The Morgan fingerprint density at radius 2 is 1.95 bits per heavy atom. The van der Waals surface area contributed by atoms with E-state index in [9.17, 15) is 4.79 Å². The molecule has 0 atom stereocenters. The summed E-state index contributed by atoms with van der Waals surface area (Å²) in [5.41, 5.74) is 6.15. The van der Waals surface area contributed by atoms with Gasteiger partial charge in [-0.1, -0.05) is 6.92 Å². The van der Waals surface area contributed by atoms with Crippen molar-refractivity contribution in [2.75, 3.05) is 19.8 Å². The number of hydrogen-bond acceptors (Lipinski definition) is 4. The Bertz CT molecular complexity index is 641. The van der Waals surface area contributed by atoms with E-state index >= 15 is 0 Å². The van der Waals surface area contributed by atoms with Gasteiger partial charge in [-0.2, -0.15) is 0 Å². The number of amides is 1. The van der Waals surface area contributed by atoms with E-state index in [1.165, 1.54) is 0 Å². The summed E-state index contributed by atoms with van der Waals surface area (Å²) in [4.78, 5) is 11.0. The Kier molecular flexibility index (Phi) is 3.43. The van der Waals surface area contributed by atoms with E-state index in [4.69, 9.17) is 19.6 Å². The van der Waals surface area contributed by atoms with Crippen molar-refractivity contribution >= 4 is 5.91 Å². The van der Waals surface area contributed by atoms with E-state index in [2.05, 4.69) is 6.92 Å². The van der Waals surface area contributed by atoms with Crippen LogP contribution < -0.4 is 10.5 Å². The second kappa shape index (κ2) is 5.26. The van der Waals surface area contributed by atoms with Gasteiger partial charge in [0, 0.05) is 11.0 Å². The van der Waals surface area contributed by atoms with Crippen molar-refractivity contribution in [3.63, 3.8) is 0 Å². The molecule has 1 saturated heterocycles. The summed E-state index contributed by atoms with van der Waals surface area (Å²) in [5, 5.41) is 0. The first-order chi connectivity index (χ1) is 10.1. The van der Waals surface area contributed by atoms with Crippen molar-refractivity contribution < 1.29 is 18.7 Å². The number of primary amides is 1. The molecule has 1 aliphatic rings. The highest BCUT2D eigenvalue weighted by Gasteiger charge is 2.34. The third-order valence-electron chi connectivity index (χ3n) is 3.48. The van der Waals surface area contributed by atoms with Gasteiger partial charge in [-0.05, 0) is 36.4 Å². The molecule has 0 aliphatic carbocycles. The summed E-state index contributed by atoms with van der Waals surface area (Å²) in [6.45, 7) is 4.26. The quantitative estimate of drug-likeness (QED) is 0.916. The summed E-state index contributed by atoms with van der Waals surface area (Å²) in [5.74, 6) is 0.989. The molecule has 3 rings (SSSR count). The zero-order chi connectivity index (χ0) is 14.9. The minimum atomic E-state index is -0.572. The van der Waals surface area contributed by atoms with Gasteiger partial charge >= 0.3 is 0 Å². The predicted molar refractivity (Wildman–Crippen MR) is 77.1 cm³/mol. The number of carbonyl (C=O) groups is 1. The van der Waals surface area contributed by atoms with Gasteiger partial charge in [0.25, 0.3) is 5.91 Å². The first kappa shape index (κ1) is 13.7. The van der Waals surface area contributed by atoms with Crippen molar-refractivity contribution in [2.24, 2.45) is 11.1 Å². The summed E-state index contributed by atoms with van der Waals surface area (Å²) in [6.07, 6.45) is 0. The average Bonchev–Trinajstić information content (AvgIpc) is 2.93. The number of nitrogens with two attached hydrogens (primary N) is 1. The SMILES string of the molecule is CC1(COc2ccc(-c3ccc(C(N)=O)o3)cc2)COC1. The number of ether oxygens (including phenoxy) is 2. The van der Waals surface area contributed by atoms with Crippen molar-refractivity contribution in [3.05, 3.63) is 42.2 Å². The first-order valence-electron chi connectivity index (χ1n) is 6.76. The Morgan fingerprint density at radius 1 is 1.24 bits per heavy atom. The highest BCUT2D eigenvalue weighted by Crippen LogP contribution is 2.29. The molecule has 1 aliphatic heterocycles. The van der Waals surface area contributed by atoms with Crippen molar-refractivity contribution in [2.45, 2.75) is 6.92 Å². The number of benzene rings is 1. The minimum absolute atomic E-state index is 0.121. The monoisotopic (exact) mass is 287 g/mol. The van der Waals surface area contributed by atoms with Crippen molar-refractivity contribution in [1.29, 1.82) is 0 Å². The van der Waals surface area contributed by atoms with Crippen molar-refractivity contribution in [3.8, 4) is 17.1 Å². The molecule has 1 aromatic carbocycles. The Hall–Kier alpha value is -2.27. The van der Waals surface area contributed by atoms with Crippen LogP contribution in [-0.4, -0.2) is 25.7 Å². The van der Waals surface area contributed by atoms with Crippen LogP contribution in [0.5, 0.6) is 5.75 Å². The molecule has 0 bridgehead atoms. The van der Waals surface area contributed by atoms with Crippen LogP contribution >= 0.6 is 0 Å². The van der Waals surface area contributed by atoms with E-state index in [0.29, 0.717) is 12.4 Å². The van der Waals surface area contributed by atoms with Gasteiger partial charge in [-0.25, -0.2) is 0 Å². The van der Waals surface area contributed by atoms with E-state index in [-0.39, 0.29) is 11.2 Å². The second-order valence-corrected chi connectivity index (χ2v) is 5.64. The summed E-state index contributed by atoms with van der Waals surface area (Å²) < 4.78 is 16.3. The Morgan fingerprint density at radius 3 is 2.48 bits per heavy atom. The number of furan rings is 1. The third kappa shape index (κ3) is 2.92. The largest absolute Gasteiger partial charge is 0.493 e. The lowest BCUT2D eigenvalue weighted by Gasteiger charge is -2.37. The molecule has 1 aromatic heterocycles. The van der Waals surface area contributed by atoms with Crippen LogP contribution in [0.2, 0.25) is 0 Å². The van der Waals surface area contributed by atoms with Crippen molar-refractivity contribution in [1.82, 2.24) is 0 Å². The Balaban J connectivity index is 1.66. The molecule has 2 heterocycles. The molecule has 5 heteroatoms. The van der Waals surface area contributed by atoms with Crippen LogP contribution in [0.4, 0.5) is 0 Å². The second-order valence-electron chi connectivity index (χ2n) is 5.64. The molecule has 0 spiro atoms. The molecule has 0 unspecified atom stereocenters. The average molecular weight is 287 g/mol. The molecule has 110 valence electrons. The maximum Gasteiger partial charge on any atom is 0.284 e. The molecule has 5 nitrogen and oxygen atoms in total. The molecule has 0 radical (unpaired) electrons. The van der Waals surface area contributed by atoms with Gasteiger partial charge in [0.15, 0.2) is 5.76 Å². The maximum atomic E-state index is 11.0. The van der Waals surface area contributed by atoms with Crippen LogP contribution in [0, 0.1) is 5.41 Å². The van der Waals surface area contributed by atoms with Gasteiger partial charge in [-0.15, -0.1) is 0 Å². The fraction of sp³-hybridized carbons (Fsp3) is 0.312. The fourth-order valence-corrected chi connectivity index (χ4v) is 2.13. The molecule has 21 heavy (non-hydrogen) atoms. The minimum Gasteiger partial charge on any atom is -0.493 e. The van der Waals surface area contributed by atoms with Gasteiger partial charge in [0.2, 0.25) is 0 Å². The molecular weight excluding hydrogens is 270 g/mol. The fourth-order valence-electron chi connectivity index (χ4n) is 2.13. The molecule has 2 N–H and O–H groups in total. The van der Waals surface area contributed by atoms with E-state index < -0.39 is 5.91 Å². The maximum absolute atomic E-state index is 11.0. The van der Waals surface area contributed by atoms with Crippen LogP contribution in [-0.2, 0) is 4.74 Å². The number of hydrogen-bond donors (Lipinski definition) is 1. The zero-order valence-corrected chi connectivity index (χ0v) is 11.8. The number of rotatable bonds is 5. The van der Waals surface area contributed by atoms with Gasteiger partial charge < -0.3 is 19.6 Å². The Labute approximate surface area is 122 Å². The standard InChI is InChI=1S/C16H17NO4/c1-16(8-19-9-16)10-20-12-4-2-11(3-5-12)13-6-7-14(21-13)15(17)18/h2-7H,8-10H2,1H3,(H2,17,18). The summed E-state index contributed by atoms with van der Waals surface area (Å²) in [7, 11) is 0. The van der Waals surface area contributed by atoms with Crippen LogP contribution in [0.25, 0.3) is 11.3 Å². The summed E-state index contributed by atoms with van der Waals surface area (Å²) >= 11 is 0. The number of carbonyl (C=O) groups excluding carboxylic acids is 1. The lowest BCUT2D eigenvalue weighted by molar-refractivity contribution is -0.120. The van der Waals surface area contributed by atoms with Crippen LogP contribution in [0.1, 0.15) is 17.5 Å². The highest BCUT2D eigenvalue weighted by atomic mass is 16.5. The molecule has 1 amide bonds. The highest BCUT2D eigenvalue weighted by molar-refractivity contribution is 5.90. The lowest BCUT2D eigenvalue weighted by atomic mass is 9.90. The summed E-state index contributed by atoms with van der Waals surface area (Å²) in [6, 6.07) is 10.8. The topological polar surface area (TPSA) is 74.7 Å². The van der Waals surface area contributed by atoms with Gasteiger partial charge in [0.1, 0.15) is 11.5 Å². The van der Waals surface area contributed by atoms with Crippen LogP contribution in [0.15, 0.2) is 40.8 Å². The van der Waals surface area contributed by atoms with Gasteiger partial charge in [0.05, 0.1) is 19.8 Å². The molecule has 2 aromatic rings. The molecule has 1 fully saturated rings. The van der Waals surface area contributed by atoms with Crippen LogP contribution in [0.3, 0.4) is 0 Å². The van der Waals surface area contributed by atoms with E-state index in [1.807, 2.05) is 24.3 Å². The smallest absolute Gasteiger partial charge is 0.284 e. The van der Waals surface area contributed by atoms with Gasteiger partial charge in [-0.3, -0.25) is 4.79 Å². The normalized spacial score (nSPS) is 16.2. The van der Waals surface area contributed by atoms with E-state index in [0.717, 1.165) is 24.5 Å². The van der Waals surface area contributed by atoms with E-state index in [1.54, 1.807) is 12.1 Å². The molecule has 0 saturated carbocycles. The lowest BCUT2D eigenvalue weighted by Crippen LogP contribution is -2.44.